The zero-order valence-electron chi connectivity index (χ0n) is 31.9. The van der Waals surface area contributed by atoms with Crippen LogP contribution < -0.4 is 0 Å². The molecule has 1 atom stereocenters. The number of aromatic nitrogens is 4. The Balaban J connectivity index is 1.15. The molecule has 0 bridgehead atoms. The van der Waals surface area contributed by atoms with Gasteiger partial charge >= 0.3 is 0 Å². The minimum atomic E-state index is 0.0916. The highest BCUT2D eigenvalue weighted by atomic mass is 16.3. The number of para-hydroxylation sites is 3. The molecular weight excluding hydrogens is 721 g/mol. The second-order valence-corrected chi connectivity index (χ2v) is 15.7. The quantitative estimate of drug-likeness (QED) is 0.180. The van der Waals surface area contributed by atoms with Gasteiger partial charge < -0.3 is 8.98 Å². The first-order valence-electron chi connectivity index (χ1n) is 20.3. The van der Waals surface area contributed by atoms with E-state index in [1.165, 1.54) is 27.3 Å². The van der Waals surface area contributed by atoms with Crippen molar-refractivity contribution in [2.45, 2.75) is 12.3 Å². The van der Waals surface area contributed by atoms with Crippen molar-refractivity contribution in [2.24, 2.45) is 0 Å². The molecule has 8 aromatic carbocycles. The predicted molar refractivity (Wildman–Crippen MR) is 244 cm³/mol. The second-order valence-electron chi connectivity index (χ2n) is 15.7. The molecular formula is C54H34N4O. The highest BCUT2D eigenvalue weighted by molar-refractivity contribution is 6.31. The van der Waals surface area contributed by atoms with Crippen LogP contribution in [0.15, 0.2) is 193 Å². The van der Waals surface area contributed by atoms with Gasteiger partial charge in [-0.2, -0.15) is 0 Å². The van der Waals surface area contributed by atoms with Gasteiger partial charge in [-0.05, 0) is 70.8 Å². The molecule has 1 aliphatic rings. The molecule has 0 amide bonds. The van der Waals surface area contributed by atoms with Crippen LogP contribution >= 0.6 is 0 Å². The van der Waals surface area contributed by atoms with E-state index in [0.717, 1.165) is 88.9 Å². The Hall–Kier alpha value is -7.76. The molecule has 59 heavy (non-hydrogen) atoms. The molecule has 13 rings (SSSR count). The second kappa shape index (κ2) is 12.4. The van der Waals surface area contributed by atoms with Gasteiger partial charge in [-0.15, -0.1) is 0 Å². The third-order valence-electron chi connectivity index (χ3n) is 12.4. The van der Waals surface area contributed by atoms with Gasteiger partial charge in [0.15, 0.2) is 0 Å². The van der Waals surface area contributed by atoms with Crippen LogP contribution in [0, 0.1) is 0 Å². The van der Waals surface area contributed by atoms with Gasteiger partial charge in [0.1, 0.15) is 11.2 Å². The molecule has 0 saturated carbocycles. The van der Waals surface area contributed by atoms with E-state index >= 15 is 0 Å². The van der Waals surface area contributed by atoms with Gasteiger partial charge in [-0.1, -0.05) is 146 Å². The van der Waals surface area contributed by atoms with Crippen molar-refractivity contribution in [1.29, 1.82) is 0 Å². The molecule has 0 saturated heterocycles. The van der Waals surface area contributed by atoms with Crippen LogP contribution in [0.3, 0.4) is 0 Å². The largest absolute Gasteiger partial charge is 0.456 e. The fourth-order valence-electron chi connectivity index (χ4n) is 9.78. The number of allylic oxidation sites excluding steroid dienone is 4. The van der Waals surface area contributed by atoms with Gasteiger partial charge in [-0.25, -0.2) is 9.97 Å². The van der Waals surface area contributed by atoms with Gasteiger partial charge in [0, 0.05) is 49.3 Å². The number of benzene rings is 8. The van der Waals surface area contributed by atoms with Crippen molar-refractivity contribution < 1.29 is 4.42 Å². The van der Waals surface area contributed by atoms with E-state index in [0.29, 0.717) is 5.95 Å². The van der Waals surface area contributed by atoms with Crippen LogP contribution in [0.25, 0.3) is 104 Å². The molecule has 12 aromatic rings. The summed E-state index contributed by atoms with van der Waals surface area (Å²) in [6, 6.07) is 60.5. The SMILES string of the molecule is C1=CC(c2nc(-n3c4ccccc4c4ccc5c6c7c(ccc6n(-c6ccc8ccccc8c6)c5c43)oc3ccccc37)nc3ccccc23)CC=C1c1ccccc1. The summed E-state index contributed by atoms with van der Waals surface area (Å²) in [5.74, 6) is 0.756. The standard InChI is InChI=1S/C54H34N4O/c1-2-12-33(13-3-1)35-22-24-36(25-23-35)51-41-17-6-9-19-44(41)55-54(56-51)58-45-20-10-7-16-39(45)40-28-29-43-49-46(30-31-48-50(49)42-18-8-11-21-47(42)59-48)57(53(43)52(40)58)38-27-26-34-14-4-5-15-37(34)32-38/h1-24,26-32,36H,25H2. The predicted octanol–water partition coefficient (Wildman–Crippen LogP) is 14.0. The molecule has 4 heterocycles. The first-order chi connectivity index (χ1) is 29.3. The smallest absolute Gasteiger partial charge is 0.235 e. The van der Waals surface area contributed by atoms with Crippen molar-refractivity contribution in [1.82, 2.24) is 19.1 Å². The minimum absolute atomic E-state index is 0.0916. The molecule has 5 heteroatoms. The van der Waals surface area contributed by atoms with Crippen LogP contribution in [-0.4, -0.2) is 19.1 Å². The summed E-state index contributed by atoms with van der Waals surface area (Å²) in [6.45, 7) is 0. The van der Waals surface area contributed by atoms with Crippen molar-refractivity contribution in [2.75, 3.05) is 0 Å². The lowest BCUT2D eigenvalue weighted by atomic mass is 9.89. The fraction of sp³-hybridized carbons (Fsp3) is 0.0370. The van der Waals surface area contributed by atoms with Crippen LogP contribution in [0.2, 0.25) is 0 Å². The summed E-state index contributed by atoms with van der Waals surface area (Å²) in [5, 5.41) is 10.3. The van der Waals surface area contributed by atoms with E-state index < -0.39 is 0 Å². The molecule has 1 unspecified atom stereocenters. The average molecular weight is 755 g/mol. The Morgan fingerprint density at radius 3 is 2.14 bits per heavy atom. The van der Waals surface area contributed by atoms with Crippen LogP contribution in [0.5, 0.6) is 0 Å². The zero-order chi connectivity index (χ0) is 38.6. The Bertz CT molecular complexity index is 3770. The van der Waals surface area contributed by atoms with E-state index in [4.69, 9.17) is 14.4 Å². The molecule has 5 nitrogen and oxygen atoms in total. The Morgan fingerprint density at radius 1 is 0.508 bits per heavy atom. The molecule has 0 N–H and O–H groups in total. The lowest BCUT2D eigenvalue weighted by Gasteiger charge is -2.19. The minimum Gasteiger partial charge on any atom is -0.456 e. The van der Waals surface area contributed by atoms with E-state index in [2.05, 4.69) is 191 Å². The van der Waals surface area contributed by atoms with E-state index in [-0.39, 0.29) is 5.92 Å². The molecule has 276 valence electrons. The fourth-order valence-corrected chi connectivity index (χ4v) is 9.78. The van der Waals surface area contributed by atoms with Gasteiger partial charge in [0.2, 0.25) is 5.95 Å². The lowest BCUT2D eigenvalue weighted by molar-refractivity contribution is 0.669. The third kappa shape index (κ3) is 4.73. The number of rotatable bonds is 4. The summed E-state index contributed by atoms with van der Waals surface area (Å²) in [4.78, 5) is 11.0. The van der Waals surface area contributed by atoms with E-state index in [9.17, 15) is 0 Å². The number of nitrogens with zero attached hydrogens (tertiary/aromatic N) is 4. The van der Waals surface area contributed by atoms with E-state index in [1.807, 2.05) is 6.07 Å². The lowest BCUT2D eigenvalue weighted by Crippen LogP contribution is -2.09. The summed E-state index contributed by atoms with van der Waals surface area (Å²) < 4.78 is 11.3. The number of furan rings is 1. The van der Waals surface area contributed by atoms with Crippen molar-refractivity contribution in [3.63, 3.8) is 0 Å². The van der Waals surface area contributed by atoms with Crippen LogP contribution in [-0.2, 0) is 0 Å². The molecule has 1 aliphatic carbocycles. The van der Waals surface area contributed by atoms with Gasteiger partial charge in [-0.3, -0.25) is 4.57 Å². The molecule has 0 fully saturated rings. The molecule has 4 aromatic heterocycles. The summed E-state index contributed by atoms with van der Waals surface area (Å²) in [6.07, 6.45) is 7.78. The maximum atomic E-state index is 6.51. The van der Waals surface area contributed by atoms with Gasteiger partial charge in [0.25, 0.3) is 0 Å². The van der Waals surface area contributed by atoms with Crippen LogP contribution in [0.1, 0.15) is 23.6 Å². The summed E-state index contributed by atoms with van der Waals surface area (Å²) >= 11 is 0. The Kier molecular flexibility index (Phi) is 6.78. The van der Waals surface area contributed by atoms with Crippen LogP contribution in [0.4, 0.5) is 0 Å². The number of fused-ring (bicyclic) bond motifs is 13. The molecule has 0 spiro atoms. The van der Waals surface area contributed by atoms with Crippen molar-refractivity contribution in [3.8, 4) is 11.6 Å². The highest BCUT2D eigenvalue weighted by Crippen LogP contribution is 2.46. The Labute approximate surface area is 338 Å². The highest BCUT2D eigenvalue weighted by Gasteiger charge is 2.26. The van der Waals surface area contributed by atoms with E-state index in [1.54, 1.807) is 0 Å². The number of hydrogen-bond acceptors (Lipinski definition) is 3. The number of hydrogen-bond donors (Lipinski definition) is 0. The monoisotopic (exact) mass is 754 g/mol. The Morgan fingerprint density at radius 2 is 1.25 bits per heavy atom. The normalized spacial score (nSPS) is 14.6. The first kappa shape index (κ1) is 32.3. The van der Waals surface area contributed by atoms with Crippen molar-refractivity contribution >= 4 is 92.8 Å². The zero-order valence-corrected chi connectivity index (χ0v) is 31.9. The maximum absolute atomic E-state index is 6.51. The van der Waals surface area contributed by atoms with Crippen molar-refractivity contribution in [3.05, 3.63) is 199 Å². The first-order valence-corrected chi connectivity index (χ1v) is 20.3. The topological polar surface area (TPSA) is 48.8 Å². The maximum Gasteiger partial charge on any atom is 0.235 e. The summed E-state index contributed by atoms with van der Waals surface area (Å²) in [5.41, 5.74) is 11.6. The summed E-state index contributed by atoms with van der Waals surface area (Å²) in [7, 11) is 0. The molecule has 0 aliphatic heterocycles. The average Bonchev–Trinajstić information content (AvgIpc) is 3.96. The molecule has 0 radical (unpaired) electrons. The van der Waals surface area contributed by atoms with Gasteiger partial charge in [0.05, 0.1) is 33.3 Å². The third-order valence-corrected chi connectivity index (χ3v) is 12.4.